The third kappa shape index (κ3) is 4.80. The first-order chi connectivity index (χ1) is 9.20. The molecule has 1 aromatic rings. The zero-order valence-electron chi connectivity index (χ0n) is 9.82. The topological polar surface area (TPSA) is 97.1 Å². The molecule has 0 atom stereocenters. The highest BCUT2D eigenvalue weighted by Crippen LogP contribution is 2.27. The summed E-state index contributed by atoms with van der Waals surface area (Å²) in [4.78, 5) is 25.7. The van der Waals surface area contributed by atoms with Crippen molar-refractivity contribution in [2.45, 2.75) is 6.18 Å². The molecule has 4 N–H and O–H groups in total. The predicted molar refractivity (Wildman–Crippen MR) is 67.7 cm³/mol. The number of amides is 2. The third-order valence-electron chi connectivity index (χ3n) is 1.94. The van der Waals surface area contributed by atoms with Gasteiger partial charge in [0.15, 0.2) is 0 Å². The summed E-state index contributed by atoms with van der Waals surface area (Å²) in [6, 6.07) is 1.66. The fourth-order valence-corrected chi connectivity index (χ4v) is 1.14. The number of halogens is 3. The predicted octanol–water partition coefficient (Wildman–Crippen LogP) is 0.441. The van der Waals surface area contributed by atoms with E-state index in [2.05, 4.69) is 27.8 Å². The van der Waals surface area contributed by atoms with E-state index < -0.39 is 23.7 Å². The Morgan fingerprint density at radius 2 is 1.95 bits per heavy atom. The highest BCUT2D eigenvalue weighted by Gasteiger charge is 2.32. The maximum absolute atomic E-state index is 12.2. The number of nitrogens with two attached hydrogens (primary N) is 1. The number of rotatable bonds is 3. The largest absolute Gasteiger partial charge is 0.433 e. The number of carbonyl (C=O) groups is 2. The molecule has 20 heavy (non-hydrogen) atoms. The molecule has 0 spiro atoms. The van der Waals surface area contributed by atoms with Gasteiger partial charge >= 0.3 is 18.0 Å². The minimum atomic E-state index is -4.57. The first-order valence-corrected chi connectivity index (χ1v) is 5.51. The van der Waals surface area contributed by atoms with E-state index in [1.54, 1.807) is 0 Å². The number of nitrogens with zero attached hydrogens (tertiary/aromatic N) is 1. The van der Waals surface area contributed by atoms with Crippen LogP contribution in [-0.2, 0) is 15.8 Å². The van der Waals surface area contributed by atoms with Gasteiger partial charge in [-0.3, -0.25) is 9.59 Å². The molecule has 1 aromatic heterocycles. The Labute approximate surface area is 116 Å². The number of pyridine rings is 1. The van der Waals surface area contributed by atoms with Gasteiger partial charge < -0.3 is 16.4 Å². The molecule has 10 heteroatoms. The molecule has 0 fully saturated rings. The van der Waals surface area contributed by atoms with E-state index in [9.17, 15) is 22.8 Å². The van der Waals surface area contributed by atoms with Gasteiger partial charge in [0, 0.05) is 0 Å². The summed E-state index contributed by atoms with van der Waals surface area (Å²) in [5.74, 6) is -2.08. The molecule has 0 saturated carbocycles. The van der Waals surface area contributed by atoms with Crippen LogP contribution in [0.3, 0.4) is 0 Å². The molecule has 6 nitrogen and oxygen atoms in total. The lowest BCUT2D eigenvalue weighted by atomic mass is 10.3. The number of hydrogen-bond acceptors (Lipinski definition) is 4. The van der Waals surface area contributed by atoms with Gasteiger partial charge in [0.25, 0.3) is 0 Å². The average molecular weight is 306 g/mol. The summed E-state index contributed by atoms with van der Waals surface area (Å²) in [6.45, 7) is -0.160. The number of alkyl halides is 3. The normalized spacial score (nSPS) is 10.8. The summed E-state index contributed by atoms with van der Waals surface area (Å²) in [6.07, 6.45) is -3.78. The van der Waals surface area contributed by atoms with E-state index in [4.69, 9.17) is 5.73 Å². The molecular formula is C10H9F3N4O2S. The number of hydrogen-bond donors (Lipinski definition) is 3. The van der Waals surface area contributed by atoms with Crippen molar-refractivity contribution in [3.8, 4) is 0 Å². The number of nitrogens with one attached hydrogen (secondary N) is 2. The first kappa shape index (κ1) is 15.8. The quantitative estimate of drug-likeness (QED) is 0.556. The van der Waals surface area contributed by atoms with Crippen LogP contribution in [0.4, 0.5) is 18.9 Å². The maximum atomic E-state index is 12.2. The molecular weight excluding hydrogens is 297 g/mol. The Balaban J connectivity index is 2.62. The van der Waals surface area contributed by atoms with E-state index >= 15 is 0 Å². The number of aromatic nitrogens is 1. The van der Waals surface area contributed by atoms with Crippen LogP contribution < -0.4 is 16.4 Å². The van der Waals surface area contributed by atoms with Crippen LogP contribution in [0.15, 0.2) is 18.3 Å². The van der Waals surface area contributed by atoms with E-state index in [0.717, 1.165) is 12.3 Å². The lowest BCUT2D eigenvalue weighted by Crippen LogP contribution is -2.39. The van der Waals surface area contributed by atoms with Crippen molar-refractivity contribution in [2.75, 3.05) is 11.9 Å². The van der Waals surface area contributed by atoms with Crippen LogP contribution >= 0.6 is 12.2 Å². The van der Waals surface area contributed by atoms with E-state index in [-0.39, 0.29) is 17.2 Å². The number of anilines is 1. The highest BCUT2D eigenvalue weighted by atomic mass is 32.1. The van der Waals surface area contributed by atoms with Gasteiger partial charge in [0.2, 0.25) is 0 Å². The van der Waals surface area contributed by atoms with Crippen molar-refractivity contribution < 1.29 is 22.8 Å². The van der Waals surface area contributed by atoms with Gasteiger partial charge in [-0.15, -0.1) is 0 Å². The second-order valence-electron chi connectivity index (χ2n) is 3.53. The van der Waals surface area contributed by atoms with Crippen LogP contribution in [-0.4, -0.2) is 28.3 Å². The van der Waals surface area contributed by atoms with Crippen LogP contribution in [0.1, 0.15) is 5.69 Å². The molecule has 0 aliphatic rings. The summed E-state index contributed by atoms with van der Waals surface area (Å²) in [5, 5.41) is 4.20. The van der Waals surface area contributed by atoms with Gasteiger partial charge in [0.1, 0.15) is 5.69 Å². The fourth-order valence-electron chi connectivity index (χ4n) is 1.07. The summed E-state index contributed by atoms with van der Waals surface area (Å²) in [5.41, 5.74) is 3.97. The van der Waals surface area contributed by atoms with Crippen molar-refractivity contribution in [2.24, 2.45) is 5.73 Å². The van der Waals surface area contributed by atoms with Gasteiger partial charge in [0.05, 0.1) is 23.4 Å². The highest BCUT2D eigenvalue weighted by molar-refractivity contribution is 7.80. The van der Waals surface area contributed by atoms with Crippen molar-refractivity contribution >= 4 is 34.7 Å². The van der Waals surface area contributed by atoms with Crippen molar-refractivity contribution in [3.63, 3.8) is 0 Å². The zero-order valence-corrected chi connectivity index (χ0v) is 10.6. The Bertz CT molecular complexity index is 530. The molecule has 0 aliphatic heterocycles. The minimum Gasteiger partial charge on any atom is -0.392 e. The van der Waals surface area contributed by atoms with Gasteiger partial charge in [-0.2, -0.15) is 13.2 Å². The molecule has 108 valence electrons. The van der Waals surface area contributed by atoms with Crippen LogP contribution in [0.2, 0.25) is 0 Å². The van der Waals surface area contributed by atoms with Gasteiger partial charge in [-0.1, -0.05) is 12.2 Å². The summed E-state index contributed by atoms with van der Waals surface area (Å²) < 4.78 is 36.7. The van der Waals surface area contributed by atoms with Crippen molar-refractivity contribution in [1.82, 2.24) is 10.3 Å². The average Bonchev–Trinajstić information content (AvgIpc) is 2.35. The first-order valence-electron chi connectivity index (χ1n) is 5.11. The zero-order chi connectivity index (χ0) is 15.3. The molecule has 0 aromatic carbocycles. The van der Waals surface area contributed by atoms with Crippen LogP contribution in [0.5, 0.6) is 0 Å². The third-order valence-corrected chi connectivity index (χ3v) is 2.09. The number of carbonyl (C=O) groups excluding carboxylic acids is 2. The number of thiocarbonyl (C=S) groups is 1. The van der Waals surface area contributed by atoms with Crippen LogP contribution in [0, 0.1) is 0 Å². The summed E-state index contributed by atoms with van der Waals surface area (Å²) in [7, 11) is 0. The molecule has 0 bridgehead atoms. The fraction of sp³-hybridized carbons (Fsp3) is 0.200. The lowest BCUT2D eigenvalue weighted by Gasteiger charge is -2.08. The Hall–Kier alpha value is -2.23. The SMILES string of the molecule is NC(=S)CNC(=O)C(=O)Nc1ccc(C(F)(F)F)nc1. The molecule has 0 radical (unpaired) electrons. The van der Waals surface area contributed by atoms with E-state index in [1.807, 2.05) is 0 Å². The minimum absolute atomic E-state index is 0.0117. The molecule has 1 heterocycles. The molecule has 0 unspecified atom stereocenters. The smallest absolute Gasteiger partial charge is 0.392 e. The van der Waals surface area contributed by atoms with E-state index in [1.165, 1.54) is 0 Å². The summed E-state index contributed by atoms with van der Waals surface area (Å²) >= 11 is 4.49. The molecule has 0 aliphatic carbocycles. The molecule has 1 rings (SSSR count). The Kier molecular flexibility index (Phi) is 4.97. The van der Waals surface area contributed by atoms with Crippen molar-refractivity contribution in [1.29, 1.82) is 0 Å². The second-order valence-corrected chi connectivity index (χ2v) is 4.06. The molecule has 0 saturated heterocycles. The van der Waals surface area contributed by atoms with E-state index in [0.29, 0.717) is 6.07 Å². The van der Waals surface area contributed by atoms with Gasteiger partial charge in [-0.25, -0.2) is 4.98 Å². The standard InChI is InChI=1S/C10H9F3N4O2S/c11-10(12,13)6-2-1-5(3-15-6)17-9(19)8(18)16-4-7(14)20/h1-3H,4H2,(H2,14,20)(H,16,18)(H,17,19). The Morgan fingerprint density at radius 1 is 1.30 bits per heavy atom. The van der Waals surface area contributed by atoms with Crippen molar-refractivity contribution in [3.05, 3.63) is 24.0 Å². The lowest BCUT2D eigenvalue weighted by molar-refractivity contribution is -0.141. The monoisotopic (exact) mass is 306 g/mol. The maximum Gasteiger partial charge on any atom is 0.433 e. The second kappa shape index (κ2) is 6.28. The molecule has 2 amide bonds. The van der Waals surface area contributed by atoms with Crippen LogP contribution in [0.25, 0.3) is 0 Å². The Morgan fingerprint density at radius 3 is 2.40 bits per heavy atom. The van der Waals surface area contributed by atoms with Gasteiger partial charge in [-0.05, 0) is 12.1 Å².